The molecule has 1 unspecified atom stereocenters. The number of aliphatic hydroxyl groups is 1. The van der Waals surface area contributed by atoms with Gasteiger partial charge in [0, 0.05) is 28.4 Å². The summed E-state index contributed by atoms with van der Waals surface area (Å²) in [5.41, 5.74) is 1.29. The maximum absolute atomic E-state index is 9.15. The second-order valence-electron chi connectivity index (χ2n) is 5.37. The fourth-order valence-electron chi connectivity index (χ4n) is 2.17. The van der Waals surface area contributed by atoms with E-state index in [2.05, 4.69) is 55.6 Å². The molecule has 0 amide bonds. The first-order chi connectivity index (χ1) is 9.67. The van der Waals surface area contributed by atoms with Crippen molar-refractivity contribution < 1.29 is 5.11 Å². The molecule has 1 aromatic heterocycles. The second kappa shape index (κ2) is 7.02. The second-order valence-corrected chi connectivity index (χ2v) is 6.54. The van der Waals surface area contributed by atoms with Crippen LogP contribution in [0.3, 0.4) is 0 Å². The first kappa shape index (κ1) is 15.2. The van der Waals surface area contributed by atoms with Gasteiger partial charge in [0.1, 0.15) is 0 Å². The van der Waals surface area contributed by atoms with Gasteiger partial charge in [0.25, 0.3) is 0 Å². The third kappa shape index (κ3) is 3.92. The Morgan fingerprint density at radius 3 is 2.55 bits per heavy atom. The van der Waals surface area contributed by atoms with Gasteiger partial charge in [-0.3, -0.25) is 0 Å². The predicted octanol–water partition coefficient (Wildman–Crippen LogP) is 4.06. The lowest BCUT2D eigenvalue weighted by atomic mass is 9.95. The highest BCUT2D eigenvalue weighted by molar-refractivity contribution is 7.15. The molecule has 1 heterocycles. The van der Waals surface area contributed by atoms with Crippen molar-refractivity contribution in [1.82, 2.24) is 5.32 Å². The van der Waals surface area contributed by atoms with Gasteiger partial charge in [0.2, 0.25) is 0 Å². The van der Waals surface area contributed by atoms with Gasteiger partial charge in [-0.2, -0.15) is 0 Å². The molecule has 2 rings (SSSR count). The monoisotopic (exact) mass is 289 g/mol. The van der Waals surface area contributed by atoms with E-state index < -0.39 is 0 Å². The van der Waals surface area contributed by atoms with Crippen molar-refractivity contribution in [3.8, 4) is 10.4 Å². The quantitative estimate of drug-likeness (QED) is 0.806. The summed E-state index contributed by atoms with van der Waals surface area (Å²) in [6.07, 6.45) is 1.81. The van der Waals surface area contributed by atoms with Gasteiger partial charge in [0.15, 0.2) is 0 Å². The lowest BCUT2D eigenvalue weighted by Crippen LogP contribution is -2.41. The van der Waals surface area contributed by atoms with Crippen molar-refractivity contribution in [1.29, 1.82) is 0 Å². The Bertz CT molecular complexity index is 523. The summed E-state index contributed by atoms with van der Waals surface area (Å²) >= 11 is 1.83. The molecular formula is C17H23NOS. The minimum Gasteiger partial charge on any atom is -0.396 e. The van der Waals surface area contributed by atoms with Crippen molar-refractivity contribution in [3.63, 3.8) is 0 Å². The van der Waals surface area contributed by atoms with Gasteiger partial charge in [-0.1, -0.05) is 37.3 Å². The van der Waals surface area contributed by atoms with E-state index in [0.29, 0.717) is 0 Å². The third-order valence-corrected chi connectivity index (χ3v) is 4.99. The van der Waals surface area contributed by atoms with Crippen LogP contribution in [0.1, 0.15) is 31.6 Å². The molecule has 2 nitrogen and oxygen atoms in total. The van der Waals surface area contributed by atoms with Gasteiger partial charge < -0.3 is 10.4 Å². The van der Waals surface area contributed by atoms with Crippen LogP contribution in [0, 0.1) is 0 Å². The van der Waals surface area contributed by atoms with E-state index in [9.17, 15) is 0 Å². The molecule has 1 atom stereocenters. The van der Waals surface area contributed by atoms with Gasteiger partial charge in [-0.05, 0) is 37.5 Å². The SMILES string of the molecule is CCC(C)(CCO)NCc1ccc(-c2ccccc2)s1. The minimum absolute atomic E-state index is 0.0195. The normalized spacial score (nSPS) is 14.2. The average Bonchev–Trinajstić information content (AvgIpc) is 2.95. The first-order valence-electron chi connectivity index (χ1n) is 7.17. The van der Waals surface area contributed by atoms with E-state index in [1.54, 1.807) is 0 Å². The predicted molar refractivity (Wildman–Crippen MR) is 87.0 cm³/mol. The molecule has 108 valence electrons. The Balaban J connectivity index is 2.00. The molecule has 3 heteroatoms. The van der Waals surface area contributed by atoms with Crippen molar-refractivity contribution in [2.24, 2.45) is 0 Å². The number of thiophene rings is 1. The highest BCUT2D eigenvalue weighted by atomic mass is 32.1. The van der Waals surface area contributed by atoms with Crippen LogP contribution in [-0.4, -0.2) is 17.3 Å². The highest BCUT2D eigenvalue weighted by Crippen LogP contribution is 2.28. The van der Waals surface area contributed by atoms with E-state index in [-0.39, 0.29) is 12.1 Å². The highest BCUT2D eigenvalue weighted by Gasteiger charge is 2.20. The van der Waals surface area contributed by atoms with Crippen molar-refractivity contribution in [3.05, 3.63) is 47.3 Å². The van der Waals surface area contributed by atoms with Crippen LogP contribution in [-0.2, 0) is 6.54 Å². The minimum atomic E-state index is 0.0195. The van der Waals surface area contributed by atoms with Crippen LogP contribution in [0.5, 0.6) is 0 Å². The molecule has 20 heavy (non-hydrogen) atoms. The molecule has 0 radical (unpaired) electrons. The topological polar surface area (TPSA) is 32.3 Å². The number of rotatable bonds is 7. The van der Waals surface area contributed by atoms with Crippen LogP contribution < -0.4 is 5.32 Å². The fraction of sp³-hybridized carbons (Fsp3) is 0.412. The summed E-state index contributed by atoms with van der Waals surface area (Å²) in [5, 5.41) is 12.7. The van der Waals surface area contributed by atoms with Gasteiger partial charge in [-0.15, -0.1) is 11.3 Å². The van der Waals surface area contributed by atoms with Crippen LogP contribution in [0.15, 0.2) is 42.5 Å². The molecular weight excluding hydrogens is 266 g/mol. The number of hydrogen-bond donors (Lipinski definition) is 2. The Morgan fingerprint density at radius 1 is 1.15 bits per heavy atom. The standard InChI is InChI=1S/C17H23NOS/c1-3-17(2,11-12-19)18-13-15-9-10-16(20-15)14-7-5-4-6-8-14/h4-10,18-19H,3,11-13H2,1-2H3. The molecule has 2 aromatic rings. The Hall–Kier alpha value is -1.16. The third-order valence-electron chi connectivity index (χ3n) is 3.85. The van der Waals surface area contributed by atoms with E-state index in [1.807, 2.05) is 17.4 Å². The number of nitrogens with one attached hydrogen (secondary N) is 1. The molecule has 0 aliphatic rings. The molecule has 0 saturated carbocycles. The number of hydrogen-bond acceptors (Lipinski definition) is 3. The molecule has 0 bridgehead atoms. The average molecular weight is 289 g/mol. The zero-order valence-electron chi connectivity index (χ0n) is 12.2. The molecule has 0 saturated heterocycles. The summed E-state index contributed by atoms with van der Waals surface area (Å²) in [6.45, 7) is 5.43. The Morgan fingerprint density at radius 2 is 1.90 bits per heavy atom. The summed E-state index contributed by atoms with van der Waals surface area (Å²) < 4.78 is 0. The first-order valence-corrected chi connectivity index (χ1v) is 7.98. The van der Waals surface area contributed by atoms with E-state index >= 15 is 0 Å². The Kier molecular flexibility index (Phi) is 5.35. The van der Waals surface area contributed by atoms with Crippen LogP contribution in [0.4, 0.5) is 0 Å². The summed E-state index contributed by atoms with van der Waals surface area (Å²) in [7, 11) is 0. The summed E-state index contributed by atoms with van der Waals surface area (Å²) in [5.74, 6) is 0. The molecule has 0 fully saturated rings. The molecule has 1 aromatic carbocycles. The van der Waals surface area contributed by atoms with E-state index in [0.717, 1.165) is 19.4 Å². The molecule has 0 spiro atoms. The maximum atomic E-state index is 9.15. The van der Waals surface area contributed by atoms with Gasteiger partial charge >= 0.3 is 0 Å². The number of benzene rings is 1. The maximum Gasteiger partial charge on any atom is 0.0448 e. The molecule has 2 N–H and O–H groups in total. The molecule has 0 aliphatic carbocycles. The van der Waals surface area contributed by atoms with Crippen LogP contribution in [0.25, 0.3) is 10.4 Å². The molecule has 0 aliphatic heterocycles. The van der Waals surface area contributed by atoms with Crippen LogP contribution in [0.2, 0.25) is 0 Å². The largest absolute Gasteiger partial charge is 0.396 e. The lowest BCUT2D eigenvalue weighted by molar-refractivity contribution is 0.215. The smallest absolute Gasteiger partial charge is 0.0448 e. The zero-order chi connectivity index (χ0) is 14.4. The van der Waals surface area contributed by atoms with E-state index in [4.69, 9.17) is 5.11 Å². The number of aliphatic hydroxyl groups excluding tert-OH is 1. The van der Waals surface area contributed by atoms with Crippen molar-refractivity contribution in [2.45, 2.75) is 38.8 Å². The van der Waals surface area contributed by atoms with Gasteiger partial charge in [-0.25, -0.2) is 0 Å². The van der Waals surface area contributed by atoms with E-state index in [1.165, 1.54) is 15.3 Å². The zero-order valence-corrected chi connectivity index (χ0v) is 13.0. The van der Waals surface area contributed by atoms with Gasteiger partial charge in [0.05, 0.1) is 0 Å². The van der Waals surface area contributed by atoms with Crippen molar-refractivity contribution >= 4 is 11.3 Å². The fourth-order valence-corrected chi connectivity index (χ4v) is 3.12. The lowest BCUT2D eigenvalue weighted by Gasteiger charge is -2.28. The Labute approximate surface area is 125 Å². The van der Waals surface area contributed by atoms with Crippen LogP contribution >= 0.6 is 11.3 Å². The van der Waals surface area contributed by atoms with Crippen molar-refractivity contribution in [2.75, 3.05) is 6.61 Å². The summed E-state index contributed by atoms with van der Waals surface area (Å²) in [4.78, 5) is 2.64. The summed E-state index contributed by atoms with van der Waals surface area (Å²) in [6, 6.07) is 14.9.